The van der Waals surface area contributed by atoms with Gasteiger partial charge in [-0.2, -0.15) is 5.26 Å². The lowest BCUT2D eigenvalue weighted by Crippen LogP contribution is -2.14. The number of esters is 2. The smallest absolute Gasteiger partial charge is 0.347 e. The van der Waals surface area contributed by atoms with Crippen LogP contribution in [0.1, 0.15) is 26.3 Å². The summed E-state index contributed by atoms with van der Waals surface area (Å²) in [6, 6.07) is 23.1. The number of nitrogens with zero attached hydrogens (tertiary/aromatic N) is 1. The summed E-state index contributed by atoms with van der Waals surface area (Å²) in [7, 11) is 0. The van der Waals surface area contributed by atoms with Crippen LogP contribution in [0.5, 0.6) is 11.5 Å². The molecule has 0 radical (unpaired) electrons. The topological polar surface area (TPSA) is 76.4 Å². The minimum Gasteiger partial charge on any atom is -0.422 e. The molecule has 0 fully saturated rings. The predicted molar refractivity (Wildman–Crippen MR) is 94.0 cm³/mol. The normalized spacial score (nSPS) is 9.81. The van der Waals surface area contributed by atoms with Crippen molar-refractivity contribution in [1.29, 1.82) is 5.26 Å². The average Bonchev–Trinajstić information content (AvgIpc) is 2.69. The van der Waals surface area contributed by atoms with Crippen LogP contribution < -0.4 is 9.47 Å². The number of hydrogen-bond donors (Lipinski definition) is 0. The molecule has 0 saturated heterocycles. The molecule has 0 spiro atoms. The third kappa shape index (κ3) is 3.77. The first kappa shape index (κ1) is 16.9. The Bertz CT molecular complexity index is 990. The Morgan fingerprint density at radius 2 is 1.27 bits per heavy atom. The number of ether oxygens (including phenoxy) is 2. The van der Waals surface area contributed by atoms with E-state index in [0.717, 1.165) is 0 Å². The van der Waals surface area contributed by atoms with E-state index in [9.17, 15) is 9.59 Å². The molecule has 0 bridgehead atoms. The Morgan fingerprint density at radius 1 is 0.692 bits per heavy atom. The van der Waals surface area contributed by atoms with Gasteiger partial charge in [-0.05, 0) is 36.4 Å². The van der Waals surface area contributed by atoms with E-state index in [4.69, 9.17) is 14.7 Å². The molecule has 0 aromatic heterocycles. The van der Waals surface area contributed by atoms with Gasteiger partial charge < -0.3 is 9.47 Å². The monoisotopic (exact) mass is 343 g/mol. The molecule has 3 aromatic carbocycles. The van der Waals surface area contributed by atoms with Crippen molar-refractivity contribution in [1.82, 2.24) is 0 Å². The van der Waals surface area contributed by atoms with Crippen LogP contribution in [-0.2, 0) is 0 Å². The van der Waals surface area contributed by atoms with Gasteiger partial charge in [0, 0.05) is 0 Å². The molecular weight excluding hydrogens is 330 g/mol. The number of benzene rings is 3. The van der Waals surface area contributed by atoms with E-state index in [0.29, 0.717) is 5.56 Å². The van der Waals surface area contributed by atoms with Gasteiger partial charge in [0.25, 0.3) is 0 Å². The van der Waals surface area contributed by atoms with Gasteiger partial charge in [0.1, 0.15) is 23.1 Å². The van der Waals surface area contributed by atoms with Gasteiger partial charge in [-0.25, -0.2) is 9.59 Å². The lowest BCUT2D eigenvalue weighted by Gasteiger charge is -2.10. The van der Waals surface area contributed by atoms with E-state index in [-0.39, 0.29) is 22.6 Å². The molecule has 0 aliphatic heterocycles. The van der Waals surface area contributed by atoms with Crippen molar-refractivity contribution in [3.05, 3.63) is 95.6 Å². The molecule has 0 aliphatic rings. The molecule has 0 N–H and O–H groups in total. The number of carbonyl (C=O) groups is 2. The summed E-state index contributed by atoms with van der Waals surface area (Å²) in [5, 5.41) is 9.09. The molecule has 0 unspecified atom stereocenters. The van der Waals surface area contributed by atoms with Crippen LogP contribution in [0.15, 0.2) is 78.9 Å². The molecule has 26 heavy (non-hydrogen) atoms. The molecule has 0 aliphatic carbocycles. The standard InChI is InChI=1S/C21H13NO4/c22-14-16-10-4-6-12-18(16)25-21(24)17-11-5-7-13-19(17)26-20(23)15-8-2-1-3-9-15/h1-13H. The second kappa shape index (κ2) is 7.77. The number of hydrogen-bond acceptors (Lipinski definition) is 5. The first-order valence-corrected chi connectivity index (χ1v) is 7.76. The minimum absolute atomic E-state index is 0.0841. The molecule has 5 nitrogen and oxygen atoms in total. The Morgan fingerprint density at radius 3 is 2.00 bits per heavy atom. The van der Waals surface area contributed by atoms with Crippen molar-refractivity contribution >= 4 is 11.9 Å². The summed E-state index contributed by atoms with van der Waals surface area (Å²) >= 11 is 0. The van der Waals surface area contributed by atoms with E-state index in [1.54, 1.807) is 60.7 Å². The summed E-state index contributed by atoms with van der Waals surface area (Å²) < 4.78 is 10.6. The second-order valence-electron chi connectivity index (χ2n) is 5.25. The molecule has 3 rings (SSSR count). The molecule has 0 amide bonds. The molecule has 0 atom stereocenters. The largest absolute Gasteiger partial charge is 0.422 e. The Labute approximate surface area is 150 Å². The van der Waals surface area contributed by atoms with Crippen LogP contribution in [0.2, 0.25) is 0 Å². The predicted octanol–water partition coefficient (Wildman–Crippen LogP) is 4.00. The van der Waals surface area contributed by atoms with E-state index in [2.05, 4.69) is 0 Å². The summed E-state index contributed by atoms with van der Waals surface area (Å²) in [5.74, 6) is -1.07. The van der Waals surface area contributed by atoms with E-state index >= 15 is 0 Å². The zero-order valence-electron chi connectivity index (χ0n) is 13.6. The number of carbonyl (C=O) groups excluding carboxylic acids is 2. The molecule has 5 heteroatoms. The van der Waals surface area contributed by atoms with Gasteiger partial charge in [-0.1, -0.05) is 42.5 Å². The highest BCUT2D eigenvalue weighted by Gasteiger charge is 2.18. The van der Waals surface area contributed by atoms with Crippen molar-refractivity contribution in [2.24, 2.45) is 0 Å². The zero-order chi connectivity index (χ0) is 18.4. The molecule has 3 aromatic rings. The zero-order valence-corrected chi connectivity index (χ0v) is 13.6. The number of para-hydroxylation sites is 2. The minimum atomic E-state index is -0.718. The van der Waals surface area contributed by atoms with E-state index in [1.165, 1.54) is 18.2 Å². The maximum atomic E-state index is 12.5. The Balaban J connectivity index is 1.84. The van der Waals surface area contributed by atoms with Crippen molar-refractivity contribution in [3.63, 3.8) is 0 Å². The summed E-state index contributed by atoms with van der Waals surface area (Å²) in [4.78, 5) is 24.7. The van der Waals surface area contributed by atoms with Gasteiger partial charge in [0.2, 0.25) is 0 Å². The highest BCUT2D eigenvalue weighted by atomic mass is 16.5. The van der Waals surface area contributed by atoms with Gasteiger partial charge >= 0.3 is 11.9 Å². The quantitative estimate of drug-likeness (QED) is 0.529. The summed E-state index contributed by atoms with van der Waals surface area (Å²) in [5.41, 5.74) is 0.689. The number of nitriles is 1. The fraction of sp³-hybridized carbons (Fsp3) is 0. The van der Waals surface area contributed by atoms with Crippen molar-refractivity contribution in [2.45, 2.75) is 0 Å². The first-order valence-electron chi connectivity index (χ1n) is 7.76. The molecule has 126 valence electrons. The lowest BCUT2D eigenvalue weighted by atomic mass is 10.2. The van der Waals surface area contributed by atoms with Crippen LogP contribution in [0.3, 0.4) is 0 Å². The van der Waals surface area contributed by atoms with E-state index < -0.39 is 11.9 Å². The average molecular weight is 343 g/mol. The first-order chi connectivity index (χ1) is 12.7. The van der Waals surface area contributed by atoms with Crippen LogP contribution in [-0.4, -0.2) is 11.9 Å². The lowest BCUT2D eigenvalue weighted by molar-refractivity contribution is 0.0706. The van der Waals surface area contributed by atoms with Crippen LogP contribution in [0.4, 0.5) is 0 Å². The maximum Gasteiger partial charge on any atom is 0.347 e. The van der Waals surface area contributed by atoms with Gasteiger partial charge in [0.05, 0.1) is 11.1 Å². The Hall–Kier alpha value is -3.91. The van der Waals surface area contributed by atoms with Crippen LogP contribution >= 0.6 is 0 Å². The molecule has 0 saturated carbocycles. The third-order valence-corrected chi connectivity index (χ3v) is 3.53. The van der Waals surface area contributed by atoms with Crippen LogP contribution in [0.25, 0.3) is 0 Å². The third-order valence-electron chi connectivity index (χ3n) is 3.53. The van der Waals surface area contributed by atoms with Crippen molar-refractivity contribution < 1.29 is 19.1 Å². The highest BCUT2D eigenvalue weighted by Crippen LogP contribution is 2.23. The summed E-state index contributed by atoms with van der Waals surface area (Å²) in [6.07, 6.45) is 0. The number of rotatable bonds is 4. The van der Waals surface area contributed by atoms with E-state index in [1.807, 2.05) is 6.07 Å². The molecule has 0 heterocycles. The van der Waals surface area contributed by atoms with Gasteiger partial charge in [-0.15, -0.1) is 0 Å². The van der Waals surface area contributed by atoms with Crippen molar-refractivity contribution in [3.8, 4) is 17.6 Å². The van der Waals surface area contributed by atoms with Gasteiger partial charge in [0.15, 0.2) is 0 Å². The highest BCUT2D eigenvalue weighted by molar-refractivity contribution is 5.97. The fourth-order valence-electron chi connectivity index (χ4n) is 2.26. The molecular formula is C21H13NO4. The second-order valence-corrected chi connectivity index (χ2v) is 5.25. The van der Waals surface area contributed by atoms with Gasteiger partial charge in [-0.3, -0.25) is 0 Å². The summed E-state index contributed by atoms with van der Waals surface area (Å²) in [6.45, 7) is 0. The van der Waals surface area contributed by atoms with Crippen LogP contribution in [0, 0.1) is 11.3 Å². The SMILES string of the molecule is N#Cc1ccccc1OC(=O)c1ccccc1OC(=O)c1ccccc1. The van der Waals surface area contributed by atoms with Crippen molar-refractivity contribution in [2.75, 3.05) is 0 Å². The maximum absolute atomic E-state index is 12.5. The Kier molecular flexibility index (Phi) is 5.06. The fourth-order valence-corrected chi connectivity index (χ4v) is 2.26.